The first-order valence-electron chi connectivity index (χ1n) is 17.2. The van der Waals surface area contributed by atoms with Gasteiger partial charge in [-0.05, 0) is 96.9 Å². The van der Waals surface area contributed by atoms with Crippen molar-refractivity contribution in [3.63, 3.8) is 0 Å². The first-order chi connectivity index (χ1) is 24.3. The molecule has 0 atom stereocenters. The SMILES string of the molecule is c1ccc(-c2cc3c4c(c2)-n2c5cccc6c5c5c7c(cccc7cc(c52)B4c2ccccc2N3c2ccccc2)-c2ccccc2-6)cc1. The minimum atomic E-state index is 0.0879. The average molecular weight is 619 g/mol. The molecule has 0 unspecified atom stereocenters. The summed E-state index contributed by atoms with van der Waals surface area (Å²) in [5, 5.41) is 5.40. The molecule has 0 saturated heterocycles. The van der Waals surface area contributed by atoms with Crippen LogP contribution in [0.2, 0.25) is 0 Å². The molecule has 1 aliphatic carbocycles. The minimum absolute atomic E-state index is 0.0879. The van der Waals surface area contributed by atoms with Gasteiger partial charge in [-0.25, -0.2) is 0 Å². The number of anilines is 3. The molecule has 0 spiro atoms. The van der Waals surface area contributed by atoms with Crippen LogP contribution in [0.4, 0.5) is 17.1 Å². The van der Waals surface area contributed by atoms with E-state index in [4.69, 9.17) is 0 Å². The third-order valence-electron chi connectivity index (χ3n) is 11.3. The summed E-state index contributed by atoms with van der Waals surface area (Å²) in [5.41, 5.74) is 19.3. The van der Waals surface area contributed by atoms with E-state index >= 15 is 0 Å². The maximum atomic E-state index is 2.62. The van der Waals surface area contributed by atoms with Gasteiger partial charge >= 0.3 is 0 Å². The van der Waals surface area contributed by atoms with E-state index in [1.54, 1.807) is 0 Å². The molecule has 0 amide bonds. The van der Waals surface area contributed by atoms with Gasteiger partial charge in [0.25, 0.3) is 6.71 Å². The predicted molar refractivity (Wildman–Crippen MR) is 207 cm³/mol. The first kappa shape index (κ1) is 25.7. The Morgan fingerprint density at radius 3 is 1.88 bits per heavy atom. The van der Waals surface area contributed by atoms with Crippen LogP contribution in [-0.4, -0.2) is 11.3 Å². The molecule has 1 aromatic heterocycles. The largest absolute Gasteiger partial charge is 0.311 e. The van der Waals surface area contributed by atoms with Gasteiger partial charge in [0.2, 0.25) is 0 Å². The topological polar surface area (TPSA) is 8.17 Å². The minimum Gasteiger partial charge on any atom is -0.311 e. The molecule has 3 heteroatoms. The summed E-state index contributed by atoms with van der Waals surface area (Å²) >= 11 is 0. The predicted octanol–water partition coefficient (Wildman–Crippen LogP) is 9.86. The third kappa shape index (κ3) is 3.18. The number of rotatable bonds is 2. The van der Waals surface area contributed by atoms with Crippen molar-refractivity contribution in [3.05, 3.63) is 164 Å². The van der Waals surface area contributed by atoms with Crippen molar-refractivity contribution < 1.29 is 0 Å². The smallest absolute Gasteiger partial charge is 0.252 e. The quantitative estimate of drug-likeness (QED) is 0.175. The highest BCUT2D eigenvalue weighted by molar-refractivity contribution is 7.00. The number of benzene rings is 8. The summed E-state index contributed by atoms with van der Waals surface area (Å²) in [5.74, 6) is 0. The van der Waals surface area contributed by atoms with Gasteiger partial charge in [-0.3, -0.25) is 0 Å². The van der Waals surface area contributed by atoms with E-state index in [9.17, 15) is 0 Å². The van der Waals surface area contributed by atoms with Crippen molar-refractivity contribution in [2.75, 3.05) is 4.90 Å². The van der Waals surface area contributed by atoms with Gasteiger partial charge in [0.15, 0.2) is 0 Å². The molecule has 3 aliphatic rings. The monoisotopic (exact) mass is 618 g/mol. The molecule has 3 heterocycles. The zero-order valence-corrected chi connectivity index (χ0v) is 26.6. The number of aromatic nitrogens is 1. The lowest BCUT2D eigenvalue weighted by molar-refractivity contribution is 1.18. The second-order valence-electron chi connectivity index (χ2n) is 13.6. The molecule has 9 aromatic rings. The molecular weight excluding hydrogens is 591 g/mol. The van der Waals surface area contributed by atoms with Crippen molar-refractivity contribution in [1.82, 2.24) is 4.57 Å². The van der Waals surface area contributed by atoms with E-state index in [-0.39, 0.29) is 6.71 Å². The van der Waals surface area contributed by atoms with E-state index in [2.05, 4.69) is 173 Å². The summed E-state index contributed by atoms with van der Waals surface area (Å²) in [4.78, 5) is 2.49. The van der Waals surface area contributed by atoms with Gasteiger partial charge in [0, 0.05) is 33.5 Å². The second-order valence-corrected chi connectivity index (χ2v) is 13.6. The molecule has 0 N–H and O–H groups in total. The van der Waals surface area contributed by atoms with Crippen molar-refractivity contribution in [2.24, 2.45) is 0 Å². The van der Waals surface area contributed by atoms with Crippen LogP contribution in [0.3, 0.4) is 0 Å². The Labute approximate surface area is 284 Å². The van der Waals surface area contributed by atoms with Crippen LogP contribution in [0.15, 0.2) is 164 Å². The summed E-state index contributed by atoms with van der Waals surface area (Å²) in [6, 6.07) is 61.1. The number of para-hydroxylation sites is 2. The van der Waals surface area contributed by atoms with Gasteiger partial charge in [0.05, 0.1) is 11.0 Å². The Balaban J connectivity index is 1.33. The molecule has 2 nitrogen and oxygen atoms in total. The highest BCUT2D eigenvalue weighted by atomic mass is 15.2. The molecule has 8 aromatic carbocycles. The number of fused-ring (bicyclic) bond motifs is 8. The standard InChI is InChI=1S/C46H27BN2/c1-3-13-28(14-4-1)30-26-40-45-41(27-30)49-39-24-12-21-35-33-19-8-7-18-32(33)34-20-11-15-29-25-37(46(49)44(42(29)34)43(35)39)47(45)36-22-9-10-23-38(36)48(40)31-16-5-2-6-17-31/h1-27H. The van der Waals surface area contributed by atoms with E-state index < -0.39 is 0 Å². The van der Waals surface area contributed by atoms with Crippen LogP contribution in [0.5, 0.6) is 0 Å². The number of hydrogen-bond donors (Lipinski definition) is 0. The second kappa shape index (κ2) is 9.18. The Hall–Kier alpha value is -6.32. The highest BCUT2D eigenvalue weighted by Crippen LogP contribution is 2.51. The van der Waals surface area contributed by atoms with Gasteiger partial charge < -0.3 is 9.47 Å². The average Bonchev–Trinajstić information content (AvgIpc) is 3.46. The van der Waals surface area contributed by atoms with E-state index in [1.165, 1.54) is 105 Å². The normalized spacial score (nSPS) is 13.2. The fourth-order valence-electron chi connectivity index (χ4n) is 9.42. The Morgan fingerprint density at radius 1 is 0.408 bits per heavy atom. The van der Waals surface area contributed by atoms with Crippen LogP contribution in [0.25, 0.3) is 71.6 Å². The maximum Gasteiger partial charge on any atom is 0.252 e. The molecule has 12 rings (SSSR count). The molecule has 2 aliphatic heterocycles. The van der Waals surface area contributed by atoms with Crippen LogP contribution >= 0.6 is 0 Å². The maximum absolute atomic E-state index is 2.62. The molecule has 0 fully saturated rings. The zero-order chi connectivity index (χ0) is 31.8. The highest BCUT2D eigenvalue weighted by Gasteiger charge is 2.43. The van der Waals surface area contributed by atoms with Crippen LogP contribution in [-0.2, 0) is 0 Å². The number of nitrogens with zero attached hydrogens (tertiary/aromatic N) is 2. The molecular formula is C46H27BN2. The third-order valence-corrected chi connectivity index (χ3v) is 11.3. The fourth-order valence-corrected chi connectivity index (χ4v) is 9.42. The van der Waals surface area contributed by atoms with Crippen molar-refractivity contribution in [3.8, 4) is 39.1 Å². The summed E-state index contributed by atoms with van der Waals surface area (Å²) in [6.45, 7) is 0.0879. The molecule has 49 heavy (non-hydrogen) atoms. The summed E-state index contributed by atoms with van der Waals surface area (Å²) in [7, 11) is 0. The summed E-state index contributed by atoms with van der Waals surface area (Å²) in [6.07, 6.45) is 0. The van der Waals surface area contributed by atoms with Gasteiger partial charge in [-0.1, -0.05) is 127 Å². The molecule has 0 saturated carbocycles. The Kier molecular flexibility index (Phi) is 4.82. The molecule has 224 valence electrons. The van der Waals surface area contributed by atoms with Gasteiger partial charge in [-0.2, -0.15) is 0 Å². The van der Waals surface area contributed by atoms with Crippen LogP contribution in [0, 0.1) is 0 Å². The first-order valence-corrected chi connectivity index (χ1v) is 17.2. The lowest BCUT2D eigenvalue weighted by Crippen LogP contribution is -2.60. The fraction of sp³-hybridized carbons (Fsp3) is 0. The van der Waals surface area contributed by atoms with Crippen molar-refractivity contribution in [2.45, 2.75) is 0 Å². The Bertz CT molecular complexity index is 2890. The number of hydrogen-bond acceptors (Lipinski definition) is 1. The van der Waals surface area contributed by atoms with Crippen molar-refractivity contribution >= 4 is 72.7 Å². The summed E-state index contributed by atoms with van der Waals surface area (Å²) < 4.78 is 2.62. The van der Waals surface area contributed by atoms with Crippen LogP contribution in [0.1, 0.15) is 0 Å². The van der Waals surface area contributed by atoms with E-state index in [0.717, 1.165) is 0 Å². The Morgan fingerprint density at radius 2 is 1.06 bits per heavy atom. The van der Waals surface area contributed by atoms with Gasteiger partial charge in [0.1, 0.15) is 0 Å². The lowest BCUT2D eigenvalue weighted by atomic mass is 9.33. The van der Waals surface area contributed by atoms with Crippen molar-refractivity contribution in [1.29, 1.82) is 0 Å². The van der Waals surface area contributed by atoms with Gasteiger partial charge in [-0.15, -0.1) is 0 Å². The molecule has 0 bridgehead atoms. The van der Waals surface area contributed by atoms with E-state index in [0.29, 0.717) is 0 Å². The zero-order valence-electron chi connectivity index (χ0n) is 26.6. The van der Waals surface area contributed by atoms with E-state index in [1.807, 2.05) is 0 Å². The molecule has 0 radical (unpaired) electrons. The lowest BCUT2D eigenvalue weighted by Gasteiger charge is -2.40. The van der Waals surface area contributed by atoms with Crippen LogP contribution < -0.4 is 21.3 Å².